The number of hydrogen-bond donors (Lipinski definition) is 2. The van der Waals surface area contributed by atoms with Crippen LogP contribution < -0.4 is 10.6 Å². The van der Waals surface area contributed by atoms with E-state index < -0.39 is 23.6 Å². The standard InChI is InChI=1S/C19H31N3O5/c1-5-6-14(9-20-13(4)23)17(25)19-15(21-10-16(19)24)7-8-22(19)18(26)27-11-12(2)3/h12,14-15,21H,5-11H2,1-4H3,(H,20,23)/t14-,15+,19+/m0/s1. The van der Waals surface area contributed by atoms with Crippen molar-refractivity contribution in [2.24, 2.45) is 11.8 Å². The number of carbonyl (C=O) groups is 4. The minimum absolute atomic E-state index is 0.0589. The van der Waals surface area contributed by atoms with Crippen molar-refractivity contribution in [1.82, 2.24) is 15.5 Å². The van der Waals surface area contributed by atoms with E-state index in [2.05, 4.69) is 10.6 Å². The van der Waals surface area contributed by atoms with Gasteiger partial charge in [-0.2, -0.15) is 0 Å². The predicted octanol–water partition coefficient (Wildman–Crippen LogP) is 0.886. The first kappa shape index (κ1) is 21.3. The Kier molecular flexibility index (Phi) is 6.97. The van der Waals surface area contributed by atoms with Crippen molar-refractivity contribution >= 4 is 23.6 Å². The quantitative estimate of drug-likeness (QED) is 0.605. The average Bonchev–Trinajstić information content (AvgIpc) is 3.14. The lowest BCUT2D eigenvalue weighted by Gasteiger charge is -2.37. The van der Waals surface area contributed by atoms with Crippen LogP contribution in [0.3, 0.4) is 0 Å². The number of Topliss-reactive ketones (excluding diaryl/α,β-unsaturated/α-hetero) is 2. The first-order valence-electron chi connectivity index (χ1n) is 9.74. The molecule has 27 heavy (non-hydrogen) atoms. The molecule has 0 saturated carbocycles. The Morgan fingerprint density at radius 3 is 2.67 bits per heavy atom. The zero-order chi connectivity index (χ0) is 20.2. The Balaban J connectivity index is 2.32. The van der Waals surface area contributed by atoms with Crippen LogP contribution in [0, 0.1) is 11.8 Å². The fraction of sp³-hybridized carbons (Fsp3) is 0.789. The molecule has 0 aromatic carbocycles. The van der Waals surface area contributed by atoms with Gasteiger partial charge in [-0.25, -0.2) is 4.79 Å². The van der Waals surface area contributed by atoms with E-state index in [1.54, 1.807) is 0 Å². The molecule has 0 bridgehead atoms. The van der Waals surface area contributed by atoms with Crippen molar-refractivity contribution < 1.29 is 23.9 Å². The maximum Gasteiger partial charge on any atom is 0.411 e. The first-order valence-corrected chi connectivity index (χ1v) is 9.74. The molecule has 8 nitrogen and oxygen atoms in total. The van der Waals surface area contributed by atoms with Crippen LogP contribution in [-0.4, -0.2) is 66.3 Å². The molecule has 3 atom stereocenters. The highest BCUT2D eigenvalue weighted by atomic mass is 16.6. The number of rotatable bonds is 8. The normalized spacial score (nSPS) is 25.4. The number of nitrogens with one attached hydrogen (secondary N) is 2. The fourth-order valence-electron chi connectivity index (χ4n) is 4.02. The highest BCUT2D eigenvalue weighted by Crippen LogP contribution is 2.38. The summed E-state index contributed by atoms with van der Waals surface area (Å²) in [5.41, 5.74) is -1.52. The second-order valence-corrected chi connectivity index (χ2v) is 7.82. The number of nitrogens with zero attached hydrogens (tertiary/aromatic N) is 1. The Labute approximate surface area is 160 Å². The summed E-state index contributed by atoms with van der Waals surface area (Å²) in [4.78, 5) is 51.8. The summed E-state index contributed by atoms with van der Waals surface area (Å²) >= 11 is 0. The van der Waals surface area contributed by atoms with E-state index in [4.69, 9.17) is 4.74 Å². The maximum absolute atomic E-state index is 13.6. The molecule has 2 heterocycles. The van der Waals surface area contributed by atoms with Gasteiger partial charge in [0, 0.05) is 32.0 Å². The maximum atomic E-state index is 13.6. The molecule has 2 aliphatic heterocycles. The lowest BCUT2D eigenvalue weighted by atomic mass is 9.78. The van der Waals surface area contributed by atoms with Gasteiger partial charge in [0.1, 0.15) is 0 Å². The van der Waals surface area contributed by atoms with Crippen molar-refractivity contribution in [3.05, 3.63) is 0 Å². The van der Waals surface area contributed by atoms with Gasteiger partial charge in [-0.15, -0.1) is 0 Å². The molecule has 2 N–H and O–H groups in total. The zero-order valence-corrected chi connectivity index (χ0v) is 16.7. The van der Waals surface area contributed by atoms with Crippen LogP contribution in [0.25, 0.3) is 0 Å². The average molecular weight is 381 g/mol. The summed E-state index contributed by atoms with van der Waals surface area (Å²) in [6, 6.07) is -0.402. The molecule has 0 spiro atoms. The van der Waals surface area contributed by atoms with E-state index in [0.29, 0.717) is 19.4 Å². The van der Waals surface area contributed by atoms with Crippen molar-refractivity contribution in [2.75, 3.05) is 26.2 Å². The van der Waals surface area contributed by atoms with Crippen molar-refractivity contribution in [3.63, 3.8) is 0 Å². The minimum atomic E-state index is -1.52. The van der Waals surface area contributed by atoms with Crippen LogP contribution in [0.5, 0.6) is 0 Å². The topological polar surface area (TPSA) is 105 Å². The molecular weight excluding hydrogens is 350 g/mol. The lowest BCUT2D eigenvalue weighted by Crippen LogP contribution is -2.64. The van der Waals surface area contributed by atoms with Crippen molar-refractivity contribution in [2.45, 2.75) is 58.5 Å². The molecule has 0 aromatic heterocycles. The smallest absolute Gasteiger partial charge is 0.411 e. The summed E-state index contributed by atoms with van der Waals surface area (Å²) in [5, 5.41) is 5.78. The third-order valence-corrected chi connectivity index (χ3v) is 5.25. The number of hydrogen-bond acceptors (Lipinski definition) is 6. The summed E-state index contributed by atoms with van der Waals surface area (Å²) in [5.74, 6) is -1.18. The van der Waals surface area contributed by atoms with E-state index in [9.17, 15) is 19.2 Å². The Hall–Kier alpha value is -1.96. The number of ether oxygens (including phenoxy) is 1. The van der Waals surface area contributed by atoms with E-state index in [1.807, 2.05) is 20.8 Å². The lowest BCUT2D eigenvalue weighted by molar-refractivity contribution is -0.141. The van der Waals surface area contributed by atoms with E-state index in [0.717, 1.165) is 6.42 Å². The fourth-order valence-corrected chi connectivity index (χ4v) is 4.02. The summed E-state index contributed by atoms with van der Waals surface area (Å²) in [6.07, 6.45) is 1.17. The molecular formula is C19H31N3O5. The highest BCUT2D eigenvalue weighted by molar-refractivity contribution is 6.17. The van der Waals surface area contributed by atoms with Crippen molar-refractivity contribution in [1.29, 1.82) is 0 Å². The molecule has 0 unspecified atom stereocenters. The predicted molar refractivity (Wildman–Crippen MR) is 99.1 cm³/mol. The van der Waals surface area contributed by atoms with Gasteiger partial charge in [0.15, 0.2) is 17.1 Å². The van der Waals surface area contributed by atoms with Gasteiger partial charge in [0.05, 0.1) is 13.2 Å². The largest absolute Gasteiger partial charge is 0.449 e. The second kappa shape index (κ2) is 8.82. The van der Waals surface area contributed by atoms with E-state index >= 15 is 0 Å². The molecule has 2 saturated heterocycles. The van der Waals surface area contributed by atoms with Gasteiger partial charge >= 0.3 is 6.09 Å². The molecule has 152 valence electrons. The molecule has 2 fully saturated rings. The van der Waals surface area contributed by atoms with Gasteiger partial charge in [-0.3, -0.25) is 19.3 Å². The van der Waals surface area contributed by atoms with Crippen LogP contribution in [0.2, 0.25) is 0 Å². The van der Waals surface area contributed by atoms with Crippen LogP contribution >= 0.6 is 0 Å². The van der Waals surface area contributed by atoms with Gasteiger partial charge in [0.25, 0.3) is 0 Å². The highest BCUT2D eigenvalue weighted by Gasteiger charge is 2.65. The van der Waals surface area contributed by atoms with Gasteiger partial charge in [-0.1, -0.05) is 27.2 Å². The number of fused-ring (bicyclic) bond motifs is 1. The molecule has 0 aliphatic carbocycles. The van der Waals surface area contributed by atoms with Crippen LogP contribution in [0.1, 0.15) is 47.0 Å². The summed E-state index contributed by atoms with van der Waals surface area (Å²) in [6.45, 7) is 7.94. The second-order valence-electron chi connectivity index (χ2n) is 7.82. The summed E-state index contributed by atoms with van der Waals surface area (Å²) in [7, 11) is 0. The Morgan fingerprint density at radius 2 is 2.07 bits per heavy atom. The first-order chi connectivity index (χ1) is 12.7. The summed E-state index contributed by atoms with van der Waals surface area (Å²) < 4.78 is 5.34. The minimum Gasteiger partial charge on any atom is -0.449 e. The van der Waals surface area contributed by atoms with Gasteiger partial charge < -0.3 is 15.4 Å². The number of likely N-dealkylation sites (tertiary alicyclic amines) is 1. The molecule has 2 rings (SSSR count). The van der Waals surface area contributed by atoms with E-state index in [1.165, 1.54) is 11.8 Å². The third-order valence-electron chi connectivity index (χ3n) is 5.25. The number of amides is 2. The van der Waals surface area contributed by atoms with Crippen molar-refractivity contribution in [3.8, 4) is 0 Å². The SMILES string of the molecule is CCC[C@@H](CNC(C)=O)C(=O)[C@]12C(=O)CN[C@@H]1CCN2C(=O)OCC(C)C. The van der Waals surface area contributed by atoms with Crippen LogP contribution in [-0.2, 0) is 19.1 Å². The number of ketones is 2. The van der Waals surface area contributed by atoms with E-state index in [-0.39, 0.29) is 43.1 Å². The molecule has 8 heteroatoms. The van der Waals surface area contributed by atoms with Gasteiger partial charge in [0.2, 0.25) is 5.91 Å². The van der Waals surface area contributed by atoms with Crippen LogP contribution in [0.15, 0.2) is 0 Å². The molecule has 0 aromatic rings. The Bertz CT molecular complexity index is 606. The zero-order valence-electron chi connectivity index (χ0n) is 16.7. The molecule has 0 radical (unpaired) electrons. The third kappa shape index (κ3) is 4.15. The molecule has 2 amide bonds. The van der Waals surface area contributed by atoms with Crippen LogP contribution in [0.4, 0.5) is 4.79 Å². The monoisotopic (exact) mass is 381 g/mol. The molecule has 2 aliphatic rings. The Morgan fingerprint density at radius 1 is 1.37 bits per heavy atom. The number of carbonyl (C=O) groups excluding carboxylic acids is 4. The van der Waals surface area contributed by atoms with Gasteiger partial charge in [-0.05, 0) is 18.8 Å².